The monoisotopic (exact) mass is 320 g/mol. The lowest BCUT2D eigenvalue weighted by molar-refractivity contribution is 0.0502. The van der Waals surface area contributed by atoms with Gasteiger partial charge in [0.25, 0.3) is 0 Å². The molecule has 0 amide bonds. The van der Waals surface area contributed by atoms with Crippen LogP contribution in [0.3, 0.4) is 0 Å². The number of hydrogen-bond donors (Lipinski definition) is 1. The minimum absolute atomic E-state index is 0.0191. The van der Waals surface area contributed by atoms with Crippen LogP contribution in [-0.2, 0) is 4.74 Å². The first kappa shape index (κ1) is 16.7. The molecule has 0 aliphatic heterocycles. The van der Waals surface area contributed by atoms with Crippen LogP contribution in [0.15, 0.2) is 54.6 Å². The van der Waals surface area contributed by atoms with Crippen LogP contribution in [0.4, 0.5) is 0 Å². The molecule has 1 unspecified atom stereocenters. The number of ether oxygens (including phenoxy) is 1. The Bertz CT molecular complexity index is 823. The summed E-state index contributed by atoms with van der Waals surface area (Å²) < 4.78 is 6.12. The molecule has 1 atom stereocenters. The van der Waals surface area contributed by atoms with Crippen LogP contribution in [0, 0.1) is 20.8 Å². The maximum absolute atomic E-state index is 9.28. The van der Waals surface area contributed by atoms with Gasteiger partial charge >= 0.3 is 0 Å². The second-order valence-corrected chi connectivity index (χ2v) is 6.36. The molecule has 0 radical (unpaired) electrons. The predicted molar refractivity (Wildman–Crippen MR) is 99.5 cm³/mol. The quantitative estimate of drug-likeness (QED) is 0.727. The average Bonchev–Trinajstić information content (AvgIpc) is 2.56. The van der Waals surface area contributed by atoms with Crippen molar-refractivity contribution >= 4 is 10.8 Å². The molecule has 0 saturated heterocycles. The fraction of sp³-hybridized carbons (Fsp3) is 0.273. The molecule has 2 nitrogen and oxygen atoms in total. The molecule has 0 saturated carbocycles. The third kappa shape index (κ3) is 3.21. The number of benzene rings is 3. The highest BCUT2D eigenvalue weighted by atomic mass is 16.5. The van der Waals surface area contributed by atoms with Crippen LogP contribution in [0.25, 0.3) is 10.8 Å². The van der Waals surface area contributed by atoms with Gasteiger partial charge in [0.2, 0.25) is 0 Å². The Hall–Kier alpha value is -2.16. The summed E-state index contributed by atoms with van der Waals surface area (Å²) in [6.45, 7) is 6.72. The molecular weight excluding hydrogens is 296 g/mol. The van der Waals surface area contributed by atoms with E-state index in [0.29, 0.717) is 6.61 Å². The first-order valence-electron chi connectivity index (χ1n) is 8.39. The Morgan fingerprint density at radius 2 is 1.58 bits per heavy atom. The Morgan fingerprint density at radius 1 is 0.917 bits per heavy atom. The van der Waals surface area contributed by atoms with Gasteiger partial charge in [-0.15, -0.1) is 0 Å². The Morgan fingerprint density at radius 3 is 2.29 bits per heavy atom. The first-order chi connectivity index (χ1) is 11.6. The molecule has 0 heterocycles. The van der Waals surface area contributed by atoms with Crippen molar-refractivity contribution in [3.05, 3.63) is 82.4 Å². The van der Waals surface area contributed by atoms with Gasteiger partial charge in [0, 0.05) is 0 Å². The van der Waals surface area contributed by atoms with E-state index < -0.39 is 0 Å². The lowest BCUT2D eigenvalue weighted by Gasteiger charge is -2.24. The van der Waals surface area contributed by atoms with E-state index in [2.05, 4.69) is 75.4 Å². The summed E-state index contributed by atoms with van der Waals surface area (Å²) in [5.41, 5.74) is 6.06. The van der Waals surface area contributed by atoms with Gasteiger partial charge in [0.1, 0.15) is 6.10 Å². The van der Waals surface area contributed by atoms with Crippen molar-refractivity contribution in [1.82, 2.24) is 0 Å². The highest BCUT2D eigenvalue weighted by molar-refractivity contribution is 5.86. The number of aliphatic hydroxyl groups excluding tert-OH is 1. The van der Waals surface area contributed by atoms with Gasteiger partial charge in [-0.3, -0.25) is 0 Å². The normalized spacial score (nSPS) is 12.5. The summed E-state index contributed by atoms with van der Waals surface area (Å²) in [6, 6.07) is 19.1. The molecule has 0 spiro atoms. The van der Waals surface area contributed by atoms with Gasteiger partial charge in [-0.25, -0.2) is 0 Å². The lowest BCUT2D eigenvalue weighted by atomic mass is 9.89. The minimum Gasteiger partial charge on any atom is -0.394 e. The van der Waals surface area contributed by atoms with E-state index in [0.717, 1.165) is 5.56 Å². The van der Waals surface area contributed by atoms with Crippen molar-refractivity contribution < 1.29 is 9.84 Å². The summed E-state index contributed by atoms with van der Waals surface area (Å²) in [4.78, 5) is 0. The molecular formula is C22H24O2. The van der Waals surface area contributed by atoms with Gasteiger partial charge in [-0.2, -0.15) is 0 Å². The third-order valence-corrected chi connectivity index (χ3v) is 4.48. The van der Waals surface area contributed by atoms with E-state index in [1.165, 1.54) is 33.0 Å². The minimum atomic E-state index is -0.177. The molecule has 124 valence electrons. The molecule has 3 aromatic carbocycles. The van der Waals surface area contributed by atoms with E-state index >= 15 is 0 Å². The zero-order chi connectivity index (χ0) is 17.1. The van der Waals surface area contributed by atoms with Crippen molar-refractivity contribution in [2.45, 2.75) is 26.9 Å². The molecule has 1 N–H and O–H groups in total. The first-order valence-corrected chi connectivity index (χ1v) is 8.39. The van der Waals surface area contributed by atoms with Gasteiger partial charge < -0.3 is 9.84 Å². The van der Waals surface area contributed by atoms with E-state index in [4.69, 9.17) is 4.74 Å². The third-order valence-electron chi connectivity index (χ3n) is 4.48. The van der Waals surface area contributed by atoms with Crippen LogP contribution >= 0.6 is 0 Å². The Balaban J connectivity index is 2.20. The zero-order valence-corrected chi connectivity index (χ0v) is 14.5. The molecule has 3 aromatic rings. The van der Waals surface area contributed by atoms with Crippen molar-refractivity contribution in [3.8, 4) is 0 Å². The van der Waals surface area contributed by atoms with Crippen molar-refractivity contribution in [2.75, 3.05) is 13.2 Å². The number of fused-ring (bicyclic) bond motifs is 1. The SMILES string of the molecule is Cc1cc(C)c(C(OCCO)c2cccc3ccccc23)c(C)c1. The summed E-state index contributed by atoms with van der Waals surface area (Å²) in [7, 11) is 0. The number of aliphatic hydroxyl groups is 1. The summed E-state index contributed by atoms with van der Waals surface area (Å²) in [6.07, 6.45) is -0.177. The number of rotatable bonds is 5. The van der Waals surface area contributed by atoms with Gasteiger partial charge in [0.15, 0.2) is 0 Å². The van der Waals surface area contributed by atoms with Crippen LogP contribution < -0.4 is 0 Å². The number of aryl methyl sites for hydroxylation is 3. The smallest absolute Gasteiger partial charge is 0.109 e. The highest BCUT2D eigenvalue weighted by Crippen LogP contribution is 2.35. The highest BCUT2D eigenvalue weighted by Gasteiger charge is 2.21. The van der Waals surface area contributed by atoms with E-state index in [1.54, 1.807) is 0 Å². The van der Waals surface area contributed by atoms with Crippen LogP contribution in [0.5, 0.6) is 0 Å². The predicted octanol–water partition coefficient (Wildman–Crippen LogP) is 4.86. The molecule has 0 fully saturated rings. The van der Waals surface area contributed by atoms with Gasteiger partial charge in [-0.05, 0) is 53.8 Å². The zero-order valence-electron chi connectivity index (χ0n) is 14.5. The summed E-state index contributed by atoms with van der Waals surface area (Å²) in [5.74, 6) is 0. The van der Waals surface area contributed by atoms with Crippen LogP contribution in [-0.4, -0.2) is 18.3 Å². The molecule has 0 aliphatic carbocycles. The molecule has 2 heteroatoms. The average molecular weight is 320 g/mol. The maximum Gasteiger partial charge on any atom is 0.109 e. The Labute approximate surface area is 143 Å². The molecule has 3 rings (SSSR count). The standard InChI is InChI=1S/C22H24O2/c1-15-13-16(2)21(17(3)14-15)22(24-12-11-23)20-10-6-8-18-7-4-5-9-19(18)20/h4-10,13-14,22-23H,11-12H2,1-3H3. The van der Waals surface area contributed by atoms with Crippen LogP contribution in [0.2, 0.25) is 0 Å². The van der Waals surface area contributed by atoms with Crippen molar-refractivity contribution in [1.29, 1.82) is 0 Å². The summed E-state index contributed by atoms with van der Waals surface area (Å²) >= 11 is 0. The largest absolute Gasteiger partial charge is 0.394 e. The second kappa shape index (κ2) is 7.16. The van der Waals surface area contributed by atoms with E-state index in [9.17, 15) is 5.11 Å². The number of hydrogen-bond acceptors (Lipinski definition) is 2. The second-order valence-electron chi connectivity index (χ2n) is 6.36. The van der Waals surface area contributed by atoms with Crippen LogP contribution in [0.1, 0.15) is 33.9 Å². The van der Waals surface area contributed by atoms with Crippen molar-refractivity contribution in [3.63, 3.8) is 0 Å². The fourth-order valence-corrected chi connectivity index (χ4v) is 3.58. The maximum atomic E-state index is 9.28. The molecule has 24 heavy (non-hydrogen) atoms. The van der Waals surface area contributed by atoms with Gasteiger partial charge in [-0.1, -0.05) is 60.2 Å². The topological polar surface area (TPSA) is 29.5 Å². The van der Waals surface area contributed by atoms with E-state index in [-0.39, 0.29) is 12.7 Å². The van der Waals surface area contributed by atoms with E-state index in [1.807, 2.05) is 0 Å². The van der Waals surface area contributed by atoms with Crippen molar-refractivity contribution in [2.24, 2.45) is 0 Å². The Kier molecular flexibility index (Phi) is 4.98. The van der Waals surface area contributed by atoms with Gasteiger partial charge in [0.05, 0.1) is 13.2 Å². The summed E-state index contributed by atoms with van der Waals surface area (Å²) in [5, 5.41) is 11.7. The molecule has 0 aliphatic rings. The lowest BCUT2D eigenvalue weighted by Crippen LogP contribution is -2.13. The molecule has 0 aromatic heterocycles. The fourth-order valence-electron chi connectivity index (χ4n) is 3.58. The molecule has 0 bridgehead atoms.